The molecule has 1 nitrogen and oxygen atoms in total. The normalized spacial score (nSPS) is 11.1. The zero-order chi connectivity index (χ0) is 10.1. The zero-order valence-electron chi connectivity index (χ0n) is 8.91. The van der Waals surface area contributed by atoms with Crippen LogP contribution in [0.5, 0.6) is 0 Å². The van der Waals surface area contributed by atoms with E-state index >= 15 is 0 Å². The summed E-state index contributed by atoms with van der Waals surface area (Å²) in [4.78, 5) is 4.28. The average molecular weight is 185 g/mol. The average Bonchev–Trinajstić information content (AvgIpc) is 2.16. The van der Waals surface area contributed by atoms with Crippen molar-refractivity contribution in [1.29, 1.82) is 0 Å². The van der Waals surface area contributed by atoms with Crippen molar-refractivity contribution in [3.63, 3.8) is 0 Å². The third kappa shape index (κ3) is 1.50. The van der Waals surface area contributed by atoms with E-state index in [0.717, 1.165) is 0 Å². The Kier molecular flexibility index (Phi) is 2.24. The molecule has 1 aromatic carbocycles. The van der Waals surface area contributed by atoms with Gasteiger partial charge >= 0.3 is 0 Å². The minimum Gasteiger partial charge on any atom is -0.264 e. The standard InChI is InChI=1S/C13H15N/c1-9(2)13-8-14-7-11-6-10(3)4-5-12(11)13/h4-9H,1-3H3. The molecule has 0 atom stereocenters. The summed E-state index contributed by atoms with van der Waals surface area (Å²) in [6, 6.07) is 6.55. The van der Waals surface area contributed by atoms with E-state index in [4.69, 9.17) is 0 Å². The highest BCUT2D eigenvalue weighted by molar-refractivity contribution is 5.85. The zero-order valence-corrected chi connectivity index (χ0v) is 8.91. The minimum atomic E-state index is 0.536. The summed E-state index contributed by atoms with van der Waals surface area (Å²) in [7, 11) is 0. The molecule has 0 bridgehead atoms. The molecule has 0 radical (unpaired) electrons. The van der Waals surface area contributed by atoms with Gasteiger partial charge in [0, 0.05) is 17.8 Å². The van der Waals surface area contributed by atoms with Crippen molar-refractivity contribution < 1.29 is 0 Å². The molecule has 0 saturated carbocycles. The summed E-state index contributed by atoms with van der Waals surface area (Å²) in [6.07, 6.45) is 3.91. The molecule has 14 heavy (non-hydrogen) atoms. The number of hydrogen-bond donors (Lipinski definition) is 0. The molecule has 0 saturated heterocycles. The lowest BCUT2D eigenvalue weighted by Gasteiger charge is -2.09. The molecule has 0 aliphatic carbocycles. The van der Waals surface area contributed by atoms with E-state index < -0.39 is 0 Å². The molecule has 0 aliphatic heterocycles. The van der Waals surface area contributed by atoms with Crippen molar-refractivity contribution in [2.24, 2.45) is 0 Å². The van der Waals surface area contributed by atoms with Crippen LogP contribution in [0, 0.1) is 6.92 Å². The van der Waals surface area contributed by atoms with Crippen LogP contribution >= 0.6 is 0 Å². The van der Waals surface area contributed by atoms with Crippen molar-refractivity contribution in [3.05, 3.63) is 41.7 Å². The van der Waals surface area contributed by atoms with E-state index in [9.17, 15) is 0 Å². The Morgan fingerprint density at radius 2 is 1.93 bits per heavy atom. The molecule has 0 amide bonds. The second kappa shape index (κ2) is 3.41. The first-order valence-electron chi connectivity index (χ1n) is 5.03. The van der Waals surface area contributed by atoms with Crippen molar-refractivity contribution in [3.8, 4) is 0 Å². The largest absolute Gasteiger partial charge is 0.264 e. The van der Waals surface area contributed by atoms with Crippen molar-refractivity contribution in [1.82, 2.24) is 4.98 Å². The highest BCUT2D eigenvalue weighted by Gasteiger charge is 2.04. The molecule has 0 spiro atoms. The maximum absolute atomic E-state index is 4.28. The van der Waals surface area contributed by atoms with Gasteiger partial charge in [-0.05, 0) is 29.9 Å². The van der Waals surface area contributed by atoms with Crippen LogP contribution in [-0.4, -0.2) is 4.98 Å². The molecular formula is C13H15N. The van der Waals surface area contributed by atoms with Crippen LogP contribution in [0.2, 0.25) is 0 Å². The molecule has 72 valence electrons. The Labute approximate surface area is 84.8 Å². The topological polar surface area (TPSA) is 12.9 Å². The fourth-order valence-electron chi connectivity index (χ4n) is 1.78. The lowest BCUT2D eigenvalue weighted by molar-refractivity contribution is 0.869. The fraction of sp³-hybridized carbons (Fsp3) is 0.308. The van der Waals surface area contributed by atoms with Crippen LogP contribution in [0.4, 0.5) is 0 Å². The van der Waals surface area contributed by atoms with Crippen LogP contribution in [0.1, 0.15) is 30.9 Å². The first-order chi connectivity index (χ1) is 6.68. The predicted octanol–water partition coefficient (Wildman–Crippen LogP) is 3.67. The number of nitrogens with zero attached hydrogens (tertiary/aromatic N) is 1. The Morgan fingerprint density at radius 3 is 2.64 bits per heavy atom. The molecule has 0 fully saturated rings. The number of rotatable bonds is 1. The van der Waals surface area contributed by atoms with Gasteiger partial charge in [-0.2, -0.15) is 0 Å². The molecule has 2 aromatic rings. The first-order valence-corrected chi connectivity index (χ1v) is 5.03. The third-order valence-corrected chi connectivity index (χ3v) is 2.57. The van der Waals surface area contributed by atoms with Crippen LogP contribution < -0.4 is 0 Å². The lowest BCUT2D eigenvalue weighted by atomic mass is 9.98. The van der Waals surface area contributed by atoms with Crippen LogP contribution in [-0.2, 0) is 0 Å². The van der Waals surface area contributed by atoms with E-state index in [1.165, 1.54) is 21.9 Å². The number of benzene rings is 1. The monoisotopic (exact) mass is 185 g/mol. The summed E-state index contributed by atoms with van der Waals surface area (Å²) in [5.41, 5.74) is 2.63. The quantitative estimate of drug-likeness (QED) is 0.660. The van der Waals surface area contributed by atoms with E-state index in [0.29, 0.717) is 5.92 Å². The second-order valence-corrected chi connectivity index (χ2v) is 4.11. The minimum absolute atomic E-state index is 0.536. The highest BCUT2D eigenvalue weighted by atomic mass is 14.6. The van der Waals surface area contributed by atoms with Gasteiger partial charge in [0.05, 0.1) is 0 Å². The molecular weight excluding hydrogens is 170 g/mol. The number of aryl methyl sites for hydroxylation is 1. The summed E-state index contributed by atoms with van der Waals surface area (Å²) < 4.78 is 0. The second-order valence-electron chi connectivity index (χ2n) is 4.11. The first kappa shape index (κ1) is 9.20. The lowest BCUT2D eigenvalue weighted by Crippen LogP contribution is -1.91. The van der Waals surface area contributed by atoms with Crippen molar-refractivity contribution >= 4 is 10.8 Å². The molecule has 0 N–H and O–H groups in total. The molecule has 1 aromatic heterocycles. The smallest absolute Gasteiger partial charge is 0.0346 e. The van der Waals surface area contributed by atoms with Crippen LogP contribution in [0.25, 0.3) is 10.8 Å². The van der Waals surface area contributed by atoms with E-state index in [1.807, 2.05) is 12.4 Å². The van der Waals surface area contributed by atoms with Gasteiger partial charge in [-0.25, -0.2) is 0 Å². The van der Waals surface area contributed by atoms with Crippen LogP contribution in [0.15, 0.2) is 30.6 Å². The van der Waals surface area contributed by atoms with E-state index in [1.54, 1.807) is 0 Å². The van der Waals surface area contributed by atoms with E-state index in [2.05, 4.69) is 44.0 Å². The van der Waals surface area contributed by atoms with E-state index in [-0.39, 0.29) is 0 Å². The summed E-state index contributed by atoms with van der Waals surface area (Å²) in [5, 5.41) is 2.58. The van der Waals surface area contributed by atoms with Gasteiger partial charge < -0.3 is 0 Å². The highest BCUT2D eigenvalue weighted by Crippen LogP contribution is 2.24. The fourth-order valence-corrected chi connectivity index (χ4v) is 1.78. The van der Waals surface area contributed by atoms with Gasteiger partial charge in [-0.15, -0.1) is 0 Å². The van der Waals surface area contributed by atoms with Gasteiger partial charge in [0.25, 0.3) is 0 Å². The van der Waals surface area contributed by atoms with Gasteiger partial charge in [0.1, 0.15) is 0 Å². The Morgan fingerprint density at radius 1 is 1.14 bits per heavy atom. The molecule has 0 unspecified atom stereocenters. The third-order valence-electron chi connectivity index (χ3n) is 2.57. The molecule has 2 rings (SSSR count). The Hall–Kier alpha value is -1.37. The van der Waals surface area contributed by atoms with Gasteiger partial charge in [-0.3, -0.25) is 4.98 Å². The number of hydrogen-bond acceptors (Lipinski definition) is 1. The van der Waals surface area contributed by atoms with Gasteiger partial charge in [0.15, 0.2) is 0 Å². The van der Waals surface area contributed by atoms with Gasteiger partial charge in [0.2, 0.25) is 0 Å². The molecule has 0 aliphatic rings. The molecule has 1 heterocycles. The van der Waals surface area contributed by atoms with Crippen molar-refractivity contribution in [2.45, 2.75) is 26.7 Å². The van der Waals surface area contributed by atoms with Crippen LogP contribution in [0.3, 0.4) is 0 Å². The summed E-state index contributed by atoms with van der Waals surface area (Å²) in [5.74, 6) is 0.536. The maximum atomic E-state index is 4.28. The maximum Gasteiger partial charge on any atom is 0.0346 e. The summed E-state index contributed by atoms with van der Waals surface area (Å²) in [6.45, 7) is 6.52. The Bertz CT molecular complexity index is 458. The number of pyridine rings is 1. The van der Waals surface area contributed by atoms with Crippen molar-refractivity contribution in [2.75, 3.05) is 0 Å². The Balaban J connectivity index is 2.75. The molecule has 1 heteroatoms. The predicted molar refractivity (Wildman–Crippen MR) is 60.6 cm³/mol. The van der Waals surface area contributed by atoms with Gasteiger partial charge in [-0.1, -0.05) is 31.5 Å². The SMILES string of the molecule is Cc1ccc2c(C(C)C)cncc2c1. The number of fused-ring (bicyclic) bond motifs is 1. The number of aromatic nitrogens is 1. The summed E-state index contributed by atoms with van der Waals surface area (Å²) >= 11 is 0.